The van der Waals surface area contributed by atoms with Crippen LogP contribution in [0.4, 0.5) is 0 Å². The number of carboxylic acids is 1. The molecule has 30 heavy (non-hydrogen) atoms. The number of hydrogen-bond donors (Lipinski definition) is 2. The minimum Gasteiger partial charge on any atom is -0.481 e. The molecule has 0 radical (unpaired) electrons. The van der Waals surface area contributed by atoms with Crippen LogP contribution in [-0.4, -0.2) is 35.6 Å². The standard InChI is InChI=1S/C23H26ClNO5/c1-2-12-30-23(29)15-20(25-21(26)10-11-22(27)28)13-16-6-8-17(9-7-16)18-4-3-5-19(24)14-18/h3-9,14,20H,2,10-13,15H2,1H3,(H,25,26)(H,27,28)/t20-/m1/s1. The quantitative estimate of drug-likeness (QED) is 0.519. The number of carbonyl (C=O) groups excluding carboxylic acids is 2. The van der Waals surface area contributed by atoms with Crippen molar-refractivity contribution in [2.45, 2.75) is 45.1 Å². The molecule has 0 saturated carbocycles. The topological polar surface area (TPSA) is 92.7 Å². The molecule has 160 valence electrons. The Bertz CT molecular complexity index is 866. The third-order valence-electron chi connectivity index (χ3n) is 4.41. The molecule has 0 aliphatic carbocycles. The van der Waals surface area contributed by atoms with Gasteiger partial charge in [0.25, 0.3) is 0 Å². The van der Waals surface area contributed by atoms with Gasteiger partial charge in [0.15, 0.2) is 0 Å². The summed E-state index contributed by atoms with van der Waals surface area (Å²) >= 11 is 6.05. The van der Waals surface area contributed by atoms with Crippen LogP contribution in [0.1, 0.15) is 38.2 Å². The van der Waals surface area contributed by atoms with Gasteiger partial charge in [-0.15, -0.1) is 0 Å². The van der Waals surface area contributed by atoms with E-state index in [1.807, 2.05) is 55.5 Å². The summed E-state index contributed by atoms with van der Waals surface area (Å²) in [5.41, 5.74) is 2.94. The highest BCUT2D eigenvalue weighted by molar-refractivity contribution is 6.30. The number of ether oxygens (including phenoxy) is 1. The molecule has 0 unspecified atom stereocenters. The maximum Gasteiger partial charge on any atom is 0.307 e. The van der Waals surface area contributed by atoms with Crippen LogP contribution in [0.2, 0.25) is 5.02 Å². The lowest BCUT2D eigenvalue weighted by molar-refractivity contribution is -0.144. The lowest BCUT2D eigenvalue weighted by Crippen LogP contribution is -2.38. The zero-order chi connectivity index (χ0) is 21.9. The summed E-state index contributed by atoms with van der Waals surface area (Å²) in [6.45, 7) is 2.23. The van der Waals surface area contributed by atoms with Crippen LogP contribution in [-0.2, 0) is 25.5 Å². The fourth-order valence-corrected chi connectivity index (χ4v) is 3.15. The van der Waals surface area contributed by atoms with Crippen LogP contribution in [0.15, 0.2) is 48.5 Å². The SMILES string of the molecule is CCCOC(=O)C[C@@H](Cc1ccc(-c2cccc(Cl)c2)cc1)NC(=O)CCC(=O)O. The number of rotatable bonds is 11. The zero-order valence-corrected chi connectivity index (χ0v) is 17.7. The van der Waals surface area contributed by atoms with Gasteiger partial charge in [0.2, 0.25) is 5.91 Å². The van der Waals surface area contributed by atoms with Crippen molar-refractivity contribution < 1.29 is 24.2 Å². The Morgan fingerprint density at radius 2 is 1.80 bits per heavy atom. The van der Waals surface area contributed by atoms with E-state index in [4.69, 9.17) is 21.4 Å². The van der Waals surface area contributed by atoms with Gasteiger partial charge in [-0.3, -0.25) is 14.4 Å². The molecule has 2 aromatic rings. The minimum absolute atomic E-state index is 0.0227. The van der Waals surface area contributed by atoms with Crippen molar-refractivity contribution in [3.63, 3.8) is 0 Å². The van der Waals surface area contributed by atoms with E-state index >= 15 is 0 Å². The molecule has 0 aliphatic rings. The van der Waals surface area contributed by atoms with Gasteiger partial charge in [-0.2, -0.15) is 0 Å². The molecule has 2 rings (SSSR count). The fraction of sp³-hybridized carbons (Fsp3) is 0.348. The Balaban J connectivity index is 2.06. The van der Waals surface area contributed by atoms with Gasteiger partial charge in [-0.1, -0.05) is 54.9 Å². The van der Waals surface area contributed by atoms with Gasteiger partial charge in [-0.25, -0.2) is 0 Å². The van der Waals surface area contributed by atoms with Crippen molar-refractivity contribution in [2.75, 3.05) is 6.61 Å². The first kappa shape index (κ1) is 23.4. The monoisotopic (exact) mass is 431 g/mol. The van der Waals surface area contributed by atoms with Crippen LogP contribution in [0.5, 0.6) is 0 Å². The number of carbonyl (C=O) groups is 3. The molecule has 0 bridgehead atoms. The first-order valence-corrected chi connectivity index (χ1v) is 10.3. The molecule has 0 aromatic heterocycles. The van der Waals surface area contributed by atoms with E-state index in [9.17, 15) is 14.4 Å². The average molecular weight is 432 g/mol. The number of esters is 1. The Hall–Kier alpha value is -2.86. The Labute approximate surface area is 181 Å². The summed E-state index contributed by atoms with van der Waals surface area (Å²) in [6.07, 6.45) is 0.772. The second-order valence-corrected chi connectivity index (χ2v) is 7.43. The second kappa shape index (κ2) is 12.0. The highest BCUT2D eigenvalue weighted by Gasteiger charge is 2.18. The highest BCUT2D eigenvalue weighted by atomic mass is 35.5. The second-order valence-electron chi connectivity index (χ2n) is 6.99. The first-order valence-electron chi connectivity index (χ1n) is 9.89. The van der Waals surface area contributed by atoms with E-state index in [-0.39, 0.29) is 19.3 Å². The molecule has 0 spiro atoms. The fourth-order valence-electron chi connectivity index (χ4n) is 2.96. The normalized spacial score (nSPS) is 11.5. The summed E-state index contributed by atoms with van der Waals surface area (Å²) in [7, 11) is 0. The van der Waals surface area contributed by atoms with Crippen LogP contribution in [0.3, 0.4) is 0 Å². The summed E-state index contributed by atoms with van der Waals surface area (Å²) in [5.74, 6) is -1.84. The van der Waals surface area contributed by atoms with E-state index in [0.717, 1.165) is 16.7 Å². The van der Waals surface area contributed by atoms with Crippen LogP contribution < -0.4 is 5.32 Å². The van der Waals surface area contributed by atoms with Crippen LogP contribution >= 0.6 is 11.6 Å². The number of hydrogen-bond acceptors (Lipinski definition) is 4. The van der Waals surface area contributed by atoms with Gasteiger partial charge in [0, 0.05) is 17.5 Å². The molecule has 1 amide bonds. The molecule has 0 saturated heterocycles. The predicted octanol–water partition coefficient (Wildman–Crippen LogP) is 4.24. The van der Waals surface area contributed by atoms with E-state index in [0.29, 0.717) is 24.5 Å². The Morgan fingerprint density at radius 3 is 2.43 bits per heavy atom. The van der Waals surface area contributed by atoms with E-state index in [2.05, 4.69) is 5.32 Å². The smallest absolute Gasteiger partial charge is 0.307 e. The summed E-state index contributed by atoms with van der Waals surface area (Å²) in [4.78, 5) is 34.8. The van der Waals surface area contributed by atoms with Crippen LogP contribution in [0.25, 0.3) is 11.1 Å². The molecule has 7 heteroatoms. The summed E-state index contributed by atoms with van der Waals surface area (Å²) in [5, 5.41) is 12.2. The Morgan fingerprint density at radius 1 is 1.07 bits per heavy atom. The average Bonchev–Trinajstić information content (AvgIpc) is 2.71. The molecule has 2 aromatic carbocycles. The maximum absolute atomic E-state index is 12.1. The summed E-state index contributed by atoms with van der Waals surface area (Å²) in [6, 6.07) is 14.9. The maximum atomic E-state index is 12.1. The number of nitrogens with one attached hydrogen (secondary N) is 1. The molecule has 2 N–H and O–H groups in total. The van der Waals surface area contributed by atoms with E-state index in [1.54, 1.807) is 0 Å². The molecule has 0 fully saturated rings. The van der Waals surface area contributed by atoms with Gasteiger partial charge in [0.1, 0.15) is 0 Å². The molecular formula is C23H26ClNO5. The number of amides is 1. The molecule has 0 heterocycles. The van der Waals surface area contributed by atoms with Gasteiger partial charge < -0.3 is 15.2 Å². The third-order valence-corrected chi connectivity index (χ3v) is 4.64. The molecule has 6 nitrogen and oxygen atoms in total. The number of carboxylic acid groups (broad SMARTS) is 1. The number of benzene rings is 2. The summed E-state index contributed by atoms with van der Waals surface area (Å²) < 4.78 is 5.13. The molecule has 0 aliphatic heterocycles. The zero-order valence-electron chi connectivity index (χ0n) is 16.9. The van der Waals surface area contributed by atoms with Crippen molar-refractivity contribution in [1.82, 2.24) is 5.32 Å². The third kappa shape index (κ3) is 8.25. The van der Waals surface area contributed by atoms with E-state index < -0.39 is 23.9 Å². The lowest BCUT2D eigenvalue weighted by Gasteiger charge is -2.18. The lowest BCUT2D eigenvalue weighted by atomic mass is 9.99. The largest absolute Gasteiger partial charge is 0.481 e. The van der Waals surface area contributed by atoms with Gasteiger partial charge in [0.05, 0.1) is 19.4 Å². The number of halogens is 1. The van der Waals surface area contributed by atoms with Crippen molar-refractivity contribution >= 4 is 29.4 Å². The first-order chi connectivity index (χ1) is 14.4. The van der Waals surface area contributed by atoms with Crippen LogP contribution in [0, 0.1) is 0 Å². The minimum atomic E-state index is -1.04. The van der Waals surface area contributed by atoms with Gasteiger partial charge >= 0.3 is 11.9 Å². The molecular weight excluding hydrogens is 406 g/mol. The van der Waals surface area contributed by atoms with Crippen molar-refractivity contribution in [1.29, 1.82) is 0 Å². The van der Waals surface area contributed by atoms with Crippen molar-refractivity contribution in [3.8, 4) is 11.1 Å². The van der Waals surface area contributed by atoms with Crippen molar-refractivity contribution in [2.24, 2.45) is 0 Å². The highest BCUT2D eigenvalue weighted by Crippen LogP contribution is 2.23. The predicted molar refractivity (Wildman–Crippen MR) is 115 cm³/mol. The van der Waals surface area contributed by atoms with E-state index in [1.165, 1.54) is 0 Å². The number of aliphatic carboxylic acids is 1. The van der Waals surface area contributed by atoms with Crippen molar-refractivity contribution in [3.05, 3.63) is 59.1 Å². The van der Waals surface area contributed by atoms with Gasteiger partial charge in [-0.05, 0) is 41.7 Å². The molecule has 1 atom stereocenters. The Kier molecular flexibility index (Phi) is 9.35.